The number of hydrogen-bond acceptors (Lipinski definition) is 5. The first-order valence-corrected chi connectivity index (χ1v) is 8.40. The molecule has 1 N–H and O–H groups in total. The first-order valence-electron chi connectivity index (χ1n) is 8.40. The molecule has 2 heterocycles. The number of amides is 1. The number of benzene rings is 2. The monoisotopic (exact) mass is 359 g/mol. The number of carbonyl (C=O) groups excluding carboxylic acids is 1. The molecule has 0 aliphatic heterocycles. The third-order valence-electron chi connectivity index (χ3n) is 4.16. The summed E-state index contributed by atoms with van der Waals surface area (Å²) >= 11 is 0. The molecular formula is C20H17N5O2. The average molecular weight is 359 g/mol. The Morgan fingerprint density at radius 1 is 1.04 bits per heavy atom. The van der Waals surface area contributed by atoms with E-state index in [1.54, 1.807) is 48.4 Å². The summed E-state index contributed by atoms with van der Waals surface area (Å²) in [5.41, 5.74) is 3.90. The van der Waals surface area contributed by atoms with Gasteiger partial charge in [-0.2, -0.15) is 5.10 Å². The van der Waals surface area contributed by atoms with Crippen molar-refractivity contribution < 1.29 is 9.21 Å². The molecule has 0 fully saturated rings. The van der Waals surface area contributed by atoms with E-state index in [1.807, 2.05) is 31.2 Å². The van der Waals surface area contributed by atoms with E-state index in [0.29, 0.717) is 23.0 Å². The zero-order chi connectivity index (χ0) is 18.8. The van der Waals surface area contributed by atoms with Crippen LogP contribution in [0.5, 0.6) is 0 Å². The van der Waals surface area contributed by atoms with Crippen molar-refractivity contribution in [3.05, 3.63) is 72.1 Å². The van der Waals surface area contributed by atoms with Gasteiger partial charge < -0.3 is 9.73 Å². The van der Waals surface area contributed by atoms with Crippen molar-refractivity contribution >= 4 is 11.6 Å². The lowest BCUT2D eigenvalue weighted by Crippen LogP contribution is -2.11. The summed E-state index contributed by atoms with van der Waals surface area (Å²) in [5, 5.41) is 15.1. The highest BCUT2D eigenvalue weighted by atomic mass is 16.4. The number of aryl methyl sites for hydroxylation is 2. The van der Waals surface area contributed by atoms with Crippen molar-refractivity contribution in [3.63, 3.8) is 0 Å². The van der Waals surface area contributed by atoms with Crippen LogP contribution in [0.1, 0.15) is 15.9 Å². The Labute approximate surface area is 155 Å². The summed E-state index contributed by atoms with van der Waals surface area (Å²) in [6.45, 7) is 1.99. The lowest BCUT2D eigenvalue weighted by molar-refractivity contribution is 0.102. The van der Waals surface area contributed by atoms with Crippen molar-refractivity contribution in [2.45, 2.75) is 6.92 Å². The van der Waals surface area contributed by atoms with Gasteiger partial charge in [-0.15, -0.1) is 10.2 Å². The van der Waals surface area contributed by atoms with Crippen molar-refractivity contribution in [1.82, 2.24) is 20.0 Å². The van der Waals surface area contributed by atoms with Gasteiger partial charge in [-0.3, -0.25) is 9.48 Å². The Balaban J connectivity index is 1.52. The van der Waals surface area contributed by atoms with Gasteiger partial charge in [-0.05, 0) is 42.8 Å². The minimum Gasteiger partial charge on any atom is -0.416 e. The Hall–Kier alpha value is -3.74. The van der Waals surface area contributed by atoms with Crippen molar-refractivity contribution in [2.24, 2.45) is 7.05 Å². The highest BCUT2D eigenvalue weighted by molar-refractivity contribution is 6.04. The summed E-state index contributed by atoms with van der Waals surface area (Å²) in [6.07, 6.45) is 3.33. The summed E-state index contributed by atoms with van der Waals surface area (Å²) in [5.74, 6) is 0.676. The molecule has 0 atom stereocenters. The molecule has 0 unspecified atom stereocenters. The van der Waals surface area contributed by atoms with E-state index in [2.05, 4.69) is 20.6 Å². The zero-order valence-electron chi connectivity index (χ0n) is 14.9. The standard InChI is InChI=1S/C20H17N5O2/c1-13-5-3-4-6-17(13)20-24-23-19(27-20)15-9-7-14(8-10-15)18(26)22-16-11-21-25(2)12-16/h3-12H,1-2H3,(H,22,26). The van der Waals surface area contributed by atoms with E-state index in [0.717, 1.165) is 16.7 Å². The molecule has 0 saturated carbocycles. The quantitative estimate of drug-likeness (QED) is 0.600. The smallest absolute Gasteiger partial charge is 0.255 e. The van der Waals surface area contributed by atoms with Crippen molar-refractivity contribution in [3.8, 4) is 22.9 Å². The molecule has 1 amide bonds. The van der Waals surface area contributed by atoms with Crippen LogP contribution in [0.2, 0.25) is 0 Å². The van der Waals surface area contributed by atoms with Gasteiger partial charge in [0.25, 0.3) is 5.91 Å². The molecule has 7 heteroatoms. The molecule has 4 aromatic rings. The highest BCUT2D eigenvalue weighted by Crippen LogP contribution is 2.26. The van der Waals surface area contributed by atoms with Gasteiger partial charge in [0.1, 0.15) is 0 Å². The molecular weight excluding hydrogens is 342 g/mol. The fraction of sp³-hybridized carbons (Fsp3) is 0.100. The van der Waals surface area contributed by atoms with Gasteiger partial charge in [0.05, 0.1) is 11.9 Å². The molecule has 7 nitrogen and oxygen atoms in total. The number of nitrogens with one attached hydrogen (secondary N) is 1. The van der Waals surface area contributed by atoms with Crippen LogP contribution in [-0.4, -0.2) is 25.9 Å². The molecule has 0 aliphatic carbocycles. The molecule has 134 valence electrons. The highest BCUT2D eigenvalue weighted by Gasteiger charge is 2.13. The number of aromatic nitrogens is 4. The molecule has 0 spiro atoms. The average Bonchev–Trinajstić information content (AvgIpc) is 3.31. The van der Waals surface area contributed by atoms with Gasteiger partial charge in [-0.1, -0.05) is 18.2 Å². The second-order valence-electron chi connectivity index (χ2n) is 6.16. The largest absolute Gasteiger partial charge is 0.416 e. The Kier molecular flexibility index (Phi) is 4.25. The van der Waals surface area contributed by atoms with Gasteiger partial charge in [0, 0.05) is 29.9 Å². The number of rotatable bonds is 4. The Morgan fingerprint density at radius 3 is 2.48 bits per heavy atom. The number of carbonyl (C=O) groups is 1. The molecule has 0 aliphatic rings. The van der Waals surface area contributed by atoms with Gasteiger partial charge in [0.15, 0.2) is 0 Å². The van der Waals surface area contributed by atoms with E-state index in [4.69, 9.17) is 4.42 Å². The van der Waals surface area contributed by atoms with E-state index >= 15 is 0 Å². The predicted molar refractivity (Wildman–Crippen MR) is 101 cm³/mol. The maximum atomic E-state index is 12.3. The van der Waals surface area contributed by atoms with Gasteiger partial charge >= 0.3 is 0 Å². The van der Waals surface area contributed by atoms with Gasteiger partial charge in [-0.25, -0.2) is 0 Å². The van der Waals surface area contributed by atoms with Crippen LogP contribution >= 0.6 is 0 Å². The Bertz CT molecular complexity index is 1100. The number of anilines is 1. The van der Waals surface area contributed by atoms with Crippen LogP contribution < -0.4 is 5.32 Å². The maximum absolute atomic E-state index is 12.3. The fourth-order valence-electron chi connectivity index (χ4n) is 2.71. The normalized spacial score (nSPS) is 10.7. The first-order chi connectivity index (χ1) is 13.1. The molecule has 0 bridgehead atoms. The third kappa shape index (κ3) is 3.48. The van der Waals surface area contributed by atoms with Crippen LogP contribution in [0.3, 0.4) is 0 Å². The molecule has 0 radical (unpaired) electrons. The molecule has 4 rings (SSSR count). The topological polar surface area (TPSA) is 85.8 Å². The maximum Gasteiger partial charge on any atom is 0.255 e. The SMILES string of the molecule is Cc1ccccc1-c1nnc(-c2ccc(C(=O)Nc3cnn(C)c3)cc2)o1. The second kappa shape index (κ2) is 6.87. The van der Waals surface area contributed by atoms with Crippen molar-refractivity contribution in [1.29, 1.82) is 0 Å². The van der Waals surface area contributed by atoms with E-state index in [-0.39, 0.29) is 5.91 Å². The minimum absolute atomic E-state index is 0.208. The molecule has 27 heavy (non-hydrogen) atoms. The van der Waals surface area contributed by atoms with Crippen LogP contribution in [0.25, 0.3) is 22.9 Å². The fourth-order valence-corrected chi connectivity index (χ4v) is 2.71. The lowest BCUT2D eigenvalue weighted by atomic mass is 10.1. The first kappa shape index (κ1) is 16.7. The van der Waals surface area contributed by atoms with Crippen molar-refractivity contribution in [2.75, 3.05) is 5.32 Å². The van der Waals surface area contributed by atoms with E-state index in [1.165, 1.54) is 0 Å². The zero-order valence-corrected chi connectivity index (χ0v) is 14.9. The van der Waals surface area contributed by atoms with Crippen LogP contribution in [0.4, 0.5) is 5.69 Å². The van der Waals surface area contributed by atoms with Crippen LogP contribution in [-0.2, 0) is 7.05 Å². The summed E-state index contributed by atoms with van der Waals surface area (Å²) in [6, 6.07) is 14.8. The third-order valence-corrected chi connectivity index (χ3v) is 4.16. The predicted octanol–water partition coefficient (Wildman–Crippen LogP) is 3.70. The number of nitrogens with zero attached hydrogens (tertiary/aromatic N) is 4. The van der Waals surface area contributed by atoms with E-state index < -0.39 is 0 Å². The minimum atomic E-state index is -0.208. The van der Waals surface area contributed by atoms with Gasteiger partial charge in [0.2, 0.25) is 11.8 Å². The second-order valence-corrected chi connectivity index (χ2v) is 6.16. The summed E-state index contributed by atoms with van der Waals surface area (Å²) in [7, 11) is 1.79. The summed E-state index contributed by atoms with van der Waals surface area (Å²) in [4.78, 5) is 12.3. The van der Waals surface area contributed by atoms with E-state index in [9.17, 15) is 4.79 Å². The molecule has 2 aromatic carbocycles. The number of hydrogen-bond donors (Lipinski definition) is 1. The van der Waals surface area contributed by atoms with Crippen LogP contribution in [0, 0.1) is 6.92 Å². The lowest BCUT2D eigenvalue weighted by Gasteiger charge is -2.03. The molecule has 0 saturated heterocycles. The summed E-state index contributed by atoms with van der Waals surface area (Å²) < 4.78 is 7.43. The molecule has 2 aromatic heterocycles. The van der Waals surface area contributed by atoms with Crippen LogP contribution in [0.15, 0.2) is 65.3 Å². The Morgan fingerprint density at radius 2 is 1.78 bits per heavy atom.